The number of benzene rings is 1. The molecular formula is C12H9BrN2O3S. The summed E-state index contributed by atoms with van der Waals surface area (Å²) in [6, 6.07) is 4.43. The number of nitrogens with zero attached hydrogens (tertiary/aromatic N) is 1. The Morgan fingerprint density at radius 1 is 1.37 bits per heavy atom. The maximum Gasteiger partial charge on any atom is 0.336 e. The third-order valence-electron chi connectivity index (χ3n) is 2.30. The molecule has 0 spiro atoms. The first-order chi connectivity index (χ1) is 8.97. The Kier molecular flexibility index (Phi) is 3.96. The zero-order chi connectivity index (χ0) is 14.0. The van der Waals surface area contributed by atoms with E-state index in [1.807, 2.05) is 6.92 Å². The SMILES string of the molecule is Cc1csc(NC(=O)c2cc(Br)ccc2C(=O)O)n1. The summed E-state index contributed by atoms with van der Waals surface area (Å²) in [7, 11) is 0. The third kappa shape index (κ3) is 3.18. The molecule has 5 nitrogen and oxygen atoms in total. The maximum absolute atomic E-state index is 12.1. The highest BCUT2D eigenvalue weighted by Crippen LogP contribution is 2.20. The molecule has 19 heavy (non-hydrogen) atoms. The van der Waals surface area contributed by atoms with Gasteiger partial charge >= 0.3 is 5.97 Å². The van der Waals surface area contributed by atoms with E-state index in [4.69, 9.17) is 5.11 Å². The topological polar surface area (TPSA) is 79.3 Å². The standard InChI is InChI=1S/C12H9BrN2O3S/c1-6-5-19-12(14-6)15-10(16)9-4-7(13)2-3-8(9)11(17)18/h2-5H,1H3,(H,17,18)(H,14,15,16). The Bertz CT molecular complexity index is 654. The lowest BCUT2D eigenvalue weighted by Gasteiger charge is -2.06. The highest BCUT2D eigenvalue weighted by molar-refractivity contribution is 9.10. The number of carboxylic acids is 1. The summed E-state index contributed by atoms with van der Waals surface area (Å²) in [5.41, 5.74) is 0.844. The molecule has 98 valence electrons. The van der Waals surface area contributed by atoms with Crippen molar-refractivity contribution in [2.24, 2.45) is 0 Å². The number of carbonyl (C=O) groups is 2. The van der Waals surface area contributed by atoms with Crippen molar-refractivity contribution in [1.29, 1.82) is 0 Å². The monoisotopic (exact) mass is 340 g/mol. The molecule has 1 aromatic heterocycles. The van der Waals surface area contributed by atoms with Crippen LogP contribution in [0.25, 0.3) is 0 Å². The Morgan fingerprint density at radius 2 is 2.11 bits per heavy atom. The molecule has 7 heteroatoms. The predicted molar refractivity (Wildman–Crippen MR) is 75.9 cm³/mol. The molecule has 0 atom stereocenters. The van der Waals surface area contributed by atoms with Crippen molar-refractivity contribution in [3.63, 3.8) is 0 Å². The van der Waals surface area contributed by atoms with Crippen LogP contribution in [0.4, 0.5) is 5.13 Å². The van der Waals surface area contributed by atoms with Crippen molar-refractivity contribution in [2.45, 2.75) is 6.92 Å². The van der Waals surface area contributed by atoms with E-state index < -0.39 is 11.9 Å². The van der Waals surface area contributed by atoms with Gasteiger partial charge in [-0.2, -0.15) is 0 Å². The second-order valence-electron chi connectivity index (χ2n) is 3.74. The summed E-state index contributed by atoms with van der Waals surface area (Å²) >= 11 is 4.51. The number of aromatic nitrogens is 1. The Morgan fingerprint density at radius 3 is 2.68 bits per heavy atom. The van der Waals surface area contributed by atoms with Gasteiger partial charge in [0, 0.05) is 9.85 Å². The van der Waals surface area contributed by atoms with Crippen molar-refractivity contribution >= 4 is 44.3 Å². The van der Waals surface area contributed by atoms with Gasteiger partial charge in [0.2, 0.25) is 0 Å². The van der Waals surface area contributed by atoms with Crippen LogP contribution in [-0.4, -0.2) is 22.0 Å². The number of thiazole rings is 1. The molecule has 2 aromatic rings. The molecule has 0 bridgehead atoms. The van der Waals surface area contributed by atoms with Gasteiger partial charge in [-0.1, -0.05) is 15.9 Å². The minimum atomic E-state index is -1.15. The quantitative estimate of drug-likeness (QED) is 0.899. The van der Waals surface area contributed by atoms with Crippen LogP contribution in [0.1, 0.15) is 26.4 Å². The number of aromatic carboxylic acids is 1. The molecule has 2 N–H and O–H groups in total. The zero-order valence-electron chi connectivity index (χ0n) is 9.81. The summed E-state index contributed by atoms with van der Waals surface area (Å²) in [4.78, 5) is 27.3. The molecule has 2 rings (SSSR count). The van der Waals surface area contributed by atoms with Gasteiger partial charge in [-0.3, -0.25) is 10.1 Å². The van der Waals surface area contributed by atoms with Crippen LogP contribution < -0.4 is 5.32 Å². The number of carboxylic acid groups (broad SMARTS) is 1. The highest BCUT2D eigenvalue weighted by Gasteiger charge is 2.17. The number of nitrogens with one attached hydrogen (secondary N) is 1. The molecule has 0 unspecified atom stereocenters. The lowest BCUT2D eigenvalue weighted by atomic mass is 10.1. The Balaban J connectivity index is 2.32. The fraction of sp³-hybridized carbons (Fsp3) is 0.0833. The third-order valence-corrected chi connectivity index (χ3v) is 3.66. The van der Waals surface area contributed by atoms with Crippen LogP contribution in [0.2, 0.25) is 0 Å². The first-order valence-corrected chi connectivity index (χ1v) is 6.91. The summed E-state index contributed by atoms with van der Waals surface area (Å²) in [6.45, 7) is 1.81. The minimum absolute atomic E-state index is 0.0472. The first kappa shape index (κ1) is 13.7. The van der Waals surface area contributed by atoms with Gasteiger partial charge in [0.1, 0.15) is 0 Å². The molecule has 0 saturated carbocycles. The molecule has 0 fully saturated rings. The van der Waals surface area contributed by atoms with E-state index in [1.165, 1.54) is 23.5 Å². The van der Waals surface area contributed by atoms with E-state index in [2.05, 4.69) is 26.2 Å². The van der Waals surface area contributed by atoms with Crippen LogP contribution in [0.5, 0.6) is 0 Å². The number of halogens is 1. The first-order valence-electron chi connectivity index (χ1n) is 5.23. The summed E-state index contributed by atoms with van der Waals surface area (Å²) in [6.07, 6.45) is 0. The van der Waals surface area contributed by atoms with E-state index >= 15 is 0 Å². The van der Waals surface area contributed by atoms with Gasteiger partial charge in [0.05, 0.1) is 16.8 Å². The Labute approximate surface area is 121 Å². The molecule has 1 amide bonds. The number of hydrogen-bond acceptors (Lipinski definition) is 4. The van der Waals surface area contributed by atoms with E-state index in [1.54, 1.807) is 11.4 Å². The second-order valence-corrected chi connectivity index (χ2v) is 5.52. The molecule has 0 aliphatic rings. The smallest absolute Gasteiger partial charge is 0.336 e. The summed E-state index contributed by atoms with van der Waals surface area (Å²) < 4.78 is 0.637. The van der Waals surface area contributed by atoms with E-state index in [9.17, 15) is 9.59 Å². The van der Waals surface area contributed by atoms with E-state index in [0.717, 1.165) is 5.69 Å². The maximum atomic E-state index is 12.1. The minimum Gasteiger partial charge on any atom is -0.478 e. The van der Waals surface area contributed by atoms with Gasteiger partial charge in [-0.25, -0.2) is 9.78 Å². The fourth-order valence-corrected chi connectivity index (χ4v) is 2.51. The molecule has 1 aromatic carbocycles. The average molecular weight is 341 g/mol. The molecule has 0 aliphatic heterocycles. The predicted octanol–water partition coefficient (Wildman–Crippen LogP) is 3.16. The Hall–Kier alpha value is -1.73. The molecular weight excluding hydrogens is 332 g/mol. The average Bonchev–Trinajstić information content (AvgIpc) is 2.74. The second kappa shape index (κ2) is 5.50. The van der Waals surface area contributed by atoms with Crippen molar-refractivity contribution in [1.82, 2.24) is 4.98 Å². The number of carbonyl (C=O) groups excluding carboxylic acids is 1. The van der Waals surface area contributed by atoms with Gasteiger partial charge in [-0.15, -0.1) is 11.3 Å². The van der Waals surface area contributed by atoms with Gasteiger partial charge in [0.25, 0.3) is 5.91 Å². The van der Waals surface area contributed by atoms with E-state index in [0.29, 0.717) is 9.60 Å². The molecule has 0 aliphatic carbocycles. The molecule has 1 heterocycles. The number of aryl methyl sites for hydroxylation is 1. The van der Waals surface area contributed by atoms with Crippen LogP contribution in [-0.2, 0) is 0 Å². The summed E-state index contributed by atoms with van der Waals surface area (Å²) in [5, 5.41) is 13.9. The number of anilines is 1. The van der Waals surface area contributed by atoms with Gasteiger partial charge < -0.3 is 5.11 Å². The zero-order valence-corrected chi connectivity index (χ0v) is 12.2. The van der Waals surface area contributed by atoms with Crippen LogP contribution >= 0.6 is 27.3 Å². The summed E-state index contributed by atoms with van der Waals surface area (Å²) in [5.74, 6) is -1.64. The van der Waals surface area contributed by atoms with Crippen molar-refractivity contribution in [2.75, 3.05) is 5.32 Å². The van der Waals surface area contributed by atoms with Crippen molar-refractivity contribution < 1.29 is 14.7 Å². The van der Waals surface area contributed by atoms with Gasteiger partial charge in [0.15, 0.2) is 5.13 Å². The largest absolute Gasteiger partial charge is 0.478 e. The molecule has 0 radical (unpaired) electrons. The number of rotatable bonds is 3. The van der Waals surface area contributed by atoms with Crippen molar-refractivity contribution in [3.05, 3.63) is 44.9 Å². The lowest BCUT2D eigenvalue weighted by Crippen LogP contribution is -2.16. The van der Waals surface area contributed by atoms with E-state index in [-0.39, 0.29) is 11.1 Å². The van der Waals surface area contributed by atoms with Crippen LogP contribution in [0.15, 0.2) is 28.1 Å². The molecule has 0 saturated heterocycles. The lowest BCUT2D eigenvalue weighted by molar-refractivity contribution is 0.0692. The highest BCUT2D eigenvalue weighted by atomic mass is 79.9. The van der Waals surface area contributed by atoms with Crippen LogP contribution in [0, 0.1) is 6.92 Å². The van der Waals surface area contributed by atoms with Gasteiger partial charge in [-0.05, 0) is 25.1 Å². The number of hydrogen-bond donors (Lipinski definition) is 2. The fourth-order valence-electron chi connectivity index (χ4n) is 1.47. The van der Waals surface area contributed by atoms with Crippen molar-refractivity contribution in [3.8, 4) is 0 Å². The van der Waals surface area contributed by atoms with Crippen LogP contribution in [0.3, 0.4) is 0 Å². The number of amides is 1. The normalized spacial score (nSPS) is 10.2.